The number of anilines is 1. The van der Waals surface area contributed by atoms with Gasteiger partial charge in [0.15, 0.2) is 5.65 Å². The van der Waals surface area contributed by atoms with Gasteiger partial charge in [-0.3, -0.25) is 14.5 Å². The van der Waals surface area contributed by atoms with Crippen molar-refractivity contribution in [2.45, 2.75) is 19.3 Å². The number of hydrogen-bond donors (Lipinski definition) is 1. The minimum atomic E-state index is -0.184. The molecule has 156 valence electrons. The van der Waals surface area contributed by atoms with Crippen molar-refractivity contribution < 1.29 is 4.74 Å². The molecule has 1 N–H and O–H groups in total. The second-order valence-electron chi connectivity index (χ2n) is 8.27. The molecular weight excluding hydrogens is 392 g/mol. The van der Waals surface area contributed by atoms with Gasteiger partial charge in [-0.2, -0.15) is 15.3 Å². The van der Waals surface area contributed by atoms with Crippen LogP contribution in [-0.2, 0) is 11.8 Å². The van der Waals surface area contributed by atoms with Gasteiger partial charge < -0.3 is 9.64 Å². The molecule has 8 nitrogen and oxygen atoms in total. The van der Waals surface area contributed by atoms with Gasteiger partial charge in [-0.15, -0.1) is 0 Å². The third-order valence-corrected chi connectivity index (χ3v) is 6.43. The van der Waals surface area contributed by atoms with E-state index in [9.17, 15) is 10.1 Å². The number of piperidine rings is 1. The van der Waals surface area contributed by atoms with Gasteiger partial charge in [0.1, 0.15) is 17.1 Å². The number of nitriles is 1. The Morgan fingerprint density at radius 3 is 2.65 bits per heavy atom. The maximum absolute atomic E-state index is 13.2. The highest BCUT2D eigenvalue weighted by molar-refractivity contribution is 5.81. The lowest BCUT2D eigenvalue weighted by atomic mass is 9.78. The molecule has 2 fully saturated rings. The van der Waals surface area contributed by atoms with E-state index in [0.29, 0.717) is 33.8 Å². The molecule has 0 radical (unpaired) electrons. The van der Waals surface area contributed by atoms with E-state index in [0.717, 1.165) is 45.6 Å². The highest BCUT2D eigenvalue weighted by Crippen LogP contribution is 2.39. The molecule has 5 rings (SSSR count). The van der Waals surface area contributed by atoms with Crippen LogP contribution in [0.25, 0.3) is 11.0 Å². The Morgan fingerprint density at radius 2 is 1.94 bits per heavy atom. The minimum Gasteiger partial charge on any atom is -0.381 e. The monoisotopic (exact) mass is 414 g/mol. The molecule has 0 amide bonds. The van der Waals surface area contributed by atoms with E-state index >= 15 is 0 Å². The van der Waals surface area contributed by atoms with Gasteiger partial charge in [0.25, 0.3) is 5.56 Å². The summed E-state index contributed by atoms with van der Waals surface area (Å²) in [5, 5.41) is 16.7. The Labute approximate surface area is 179 Å². The van der Waals surface area contributed by atoms with Crippen molar-refractivity contribution in [2.24, 2.45) is 12.5 Å². The number of ether oxygens (including phenoxy) is 1. The highest BCUT2D eigenvalue weighted by Gasteiger charge is 2.38. The van der Waals surface area contributed by atoms with Crippen molar-refractivity contribution in [2.75, 3.05) is 31.2 Å². The molecule has 0 atom stereocenters. The Morgan fingerprint density at radius 1 is 1.16 bits per heavy atom. The molecule has 2 aliphatic heterocycles. The van der Waals surface area contributed by atoms with Crippen LogP contribution in [0.3, 0.4) is 0 Å². The molecule has 0 aliphatic carbocycles. The average Bonchev–Trinajstić information content (AvgIpc) is 3.43. The van der Waals surface area contributed by atoms with E-state index < -0.39 is 0 Å². The van der Waals surface area contributed by atoms with E-state index in [-0.39, 0.29) is 11.0 Å². The summed E-state index contributed by atoms with van der Waals surface area (Å²) in [7, 11) is 1.74. The molecule has 0 saturated carbocycles. The van der Waals surface area contributed by atoms with E-state index in [1.807, 2.05) is 6.07 Å². The van der Waals surface area contributed by atoms with E-state index in [4.69, 9.17) is 4.74 Å². The molecule has 0 bridgehead atoms. The van der Waals surface area contributed by atoms with Crippen molar-refractivity contribution in [1.82, 2.24) is 19.7 Å². The molecule has 4 heterocycles. The first-order valence-electron chi connectivity index (χ1n) is 10.4. The van der Waals surface area contributed by atoms with Crippen LogP contribution in [0.4, 0.5) is 5.95 Å². The molecule has 3 aromatic rings. The summed E-state index contributed by atoms with van der Waals surface area (Å²) in [6.07, 6.45) is 3.19. The first kappa shape index (κ1) is 19.3. The highest BCUT2D eigenvalue weighted by atomic mass is 16.5. The van der Waals surface area contributed by atoms with Gasteiger partial charge in [-0.05, 0) is 42.7 Å². The summed E-state index contributed by atoms with van der Waals surface area (Å²) in [5.41, 5.74) is 1.96. The Kier molecular flexibility index (Phi) is 4.72. The normalized spacial score (nSPS) is 17.5. The second kappa shape index (κ2) is 7.57. The van der Waals surface area contributed by atoms with Crippen LogP contribution >= 0.6 is 0 Å². The third-order valence-electron chi connectivity index (χ3n) is 6.43. The summed E-state index contributed by atoms with van der Waals surface area (Å²) in [6, 6.07) is 9.22. The van der Waals surface area contributed by atoms with E-state index in [1.165, 1.54) is 0 Å². The summed E-state index contributed by atoms with van der Waals surface area (Å²) < 4.78 is 7.20. The van der Waals surface area contributed by atoms with Crippen LogP contribution in [0.5, 0.6) is 0 Å². The molecule has 8 heteroatoms. The lowest BCUT2D eigenvalue weighted by Crippen LogP contribution is -2.43. The standard InChI is InChI=1S/C23H22N6O2/c1-28-21(30)19-18(7-6-16-4-2-3-5-17(16)14-24)26-27-20(19)25-22(28)29-11-8-23(9-12-29)10-13-31-15-23/h2-5H,8-13,15H2,1H3,(H,26,27). The van der Waals surface area contributed by atoms with Crippen molar-refractivity contribution >= 4 is 17.0 Å². The van der Waals surface area contributed by atoms with Gasteiger partial charge >= 0.3 is 0 Å². The maximum atomic E-state index is 13.2. The fourth-order valence-corrected chi connectivity index (χ4v) is 4.46. The second-order valence-corrected chi connectivity index (χ2v) is 8.27. The predicted molar refractivity (Wildman–Crippen MR) is 116 cm³/mol. The van der Waals surface area contributed by atoms with E-state index in [1.54, 1.807) is 29.8 Å². The van der Waals surface area contributed by atoms with Crippen LogP contribution in [0.15, 0.2) is 29.1 Å². The number of fused-ring (bicyclic) bond motifs is 1. The van der Waals surface area contributed by atoms with Crippen molar-refractivity contribution in [3.05, 3.63) is 51.4 Å². The van der Waals surface area contributed by atoms with Gasteiger partial charge in [-0.1, -0.05) is 18.1 Å². The summed E-state index contributed by atoms with van der Waals surface area (Å²) in [6.45, 7) is 3.37. The zero-order valence-corrected chi connectivity index (χ0v) is 17.3. The fourth-order valence-electron chi connectivity index (χ4n) is 4.46. The molecule has 2 saturated heterocycles. The SMILES string of the molecule is Cn1c(N2CCC3(CCOC3)CC2)nc2n[nH]c(C#Cc3ccccc3C#N)c2c1=O. The summed E-state index contributed by atoms with van der Waals surface area (Å²) in [4.78, 5) is 20.0. The zero-order chi connectivity index (χ0) is 21.4. The van der Waals surface area contributed by atoms with Crippen molar-refractivity contribution in [1.29, 1.82) is 5.26 Å². The predicted octanol–water partition coefficient (Wildman–Crippen LogP) is 1.93. The number of H-pyrrole nitrogens is 1. The first-order chi connectivity index (χ1) is 15.1. The number of aromatic amines is 1. The molecule has 2 aliphatic rings. The lowest BCUT2D eigenvalue weighted by molar-refractivity contribution is 0.133. The van der Waals surface area contributed by atoms with Gasteiger partial charge in [0.2, 0.25) is 5.95 Å². The number of nitrogens with zero attached hydrogens (tertiary/aromatic N) is 5. The van der Waals surface area contributed by atoms with Gasteiger partial charge in [-0.25, -0.2) is 0 Å². The molecule has 0 unspecified atom stereocenters. The van der Waals surface area contributed by atoms with E-state index in [2.05, 4.69) is 38.0 Å². The maximum Gasteiger partial charge on any atom is 0.267 e. The molecule has 31 heavy (non-hydrogen) atoms. The van der Waals surface area contributed by atoms with Crippen molar-refractivity contribution in [3.63, 3.8) is 0 Å². The summed E-state index contributed by atoms with van der Waals surface area (Å²) >= 11 is 0. The van der Waals surface area contributed by atoms with Crippen LogP contribution in [0.2, 0.25) is 0 Å². The van der Waals surface area contributed by atoms with Crippen LogP contribution in [-0.4, -0.2) is 46.1 Å². The fraction of sp³-hybridized carbons (Fsp3) is 0.391. The topological polar surface area (TPSA) is 99.8 Å². The Bertz CT molecular complexity index is 1300. The number of benzene rings is 1. The van der Waals surface area contributed by atoms with Crippen LogP contribution < -0.4 is 10.5 Å². The zero-order valence-electron chi connectivity index (χ0n) is 17.3. The molecule has 2 aromatic heterocycles. The number of hydrogen-bond acceptors (Lipinski definition) is 6. The van der Waals surface area contributed by atoms with Crippen LogP contribution in [0, 0.1) is 28.6 Å². The lowest BCUT2D eigenvalue weighted by Gasteiger charge is -2.39. The summed E-state index contributed by atoms with van der Waals surface area (Å²) in [5.74, 6) is 6.56. The first-order valence-corrected chi connectivity index (χ1v) is 10.4. The third kappa shape index (κ3) is 3.35. The molecule has 1 aromatic carbocycles. The smallest absolute Gasteiger partial charge is 0.267 e. The number of aromatic nitrogens is 4. The number of nitrogens with one attached hydrogen (secondary N) is 1. The Hall–Kier alpha value is -3.62. The molecular formula is C23H22N6O2. The molecule has 1 spiro atoms. The van der Waals surface area contributed by atoms with Crippen molar-refractivity contribution in [3.8, 4) is 17.9 Å². The van der Waals surface area contributed by atoms with Gasteiger partial charge in [0.05, 0.1) is 12.2 Å². The van der Waals surface area contributed by atoms with Crippen LogP contribution in [0.1, 0.15) is 36.1 Å². The van der Waals surface area contributed by atoms with Gasteiger partial charge in [0, 0.05) is 32.3 Å². The quantitative estimate of drug-likeness (QED) is 0.611. The largest absolute Gasteiger partial charge is 0.381 e. The number of rotatable bonds is 1. The average molecular weight is 414 g/mol. The Balaban J connectivity index is 1.48. The minimum absolute atomic E-state index is 0.184.